The first-order valence-electron chi connectivity index (χ1n) is 8.31. The van der Waals surface area contributed by atoms with Crippen molar-refractivity contribution in [3.8, 4) is 11.5 Å². The molecule has 0 spiro atoms. The number of amides is 2. The van der Waals surface area contributed by atoms with Crippen LogP contribution in [0, 0.1) is 20.8 Å². The van der Waals surface area contributed by atoms with Gasteiger partial charge in [-0.2, -0.15) is 0 Å². The van der Waals surface area contributed by atoms with Crippen LogP contribution in [0.3, 0.4) is 0 Å². The standard InChI is InChI=1S/C20H24N2O4/c1-12-7-6-8-17(14(12)3)26-15(4)19(23)21-22-20(24)16-10-9-13(2)18(11-16)25-5/h6-11,15H,1-5H3,(H,21,23)(H,22,24). The average Bonchev–Trinajstić information content (AvgIpc) is 2.63. The highest BCUT2D eigenvalue weighted by molar-refractivity contribution is 5.96. The summed E-state index contributed by atoms with van der Waals surface area (Å²) in [5.74, 6) is 0.367. The van der Waals surface area contributed by atoms with Gasteiger partial charge in [-0.05, 0) is 62.6 Å². The van der Waals surface area contributed by atoms with Crippen molar-refractivity contribution >= 4 is 11.8 Å². The Morgan fingerprint density at radius 1 is 0.962 bits per heavy atom. The normalized spacial score (nSPS) is 11.4. The van der Waals surface area contributed by atoms with Gasteiger partial charge in [-0.3, -0.25) is 20.4 Å². The number of hydrazine groups is 1. The highest BCUT2D eigenvalue weighted by Gasteiger charge is 2.17. The maximum Gasteiger partial charge on any atom is 0.279 e. The molecule has 0 heterocycles. The minimum atomic E-state index is -0.761. The first kappa shape index (κ1) is 19.3. The van der Waals surface area contributed by atoms with Gasteiger partial charge in [-0.1, -0.05) is 18.2 Å². The number of carbonyl (C=O) groups is 2. The number of aryl methyl sites for hydroxylation is 2. The van der Waals surface area contributed by atoms with Gasteiger partial charge >= 0.3 is 0 Å². The largest absolute Gasteiger partial charge is 0.496 e. The monoisotopic (exact) mass is 356 g/mol. The molecule has 0 aromatic heterocycles. The van der Waals surface area contributed by atoms with E-state index in [0.717, 1.165) is 16.7 Å². The van der Waals surface area contributed by atoms with Crippen LogP contribution < -0.4 is 20.3 Å². The van der Waals surface area contributed by atoms with Crippen LogP contribution in [0.5, 0.6) is 11.5 Å². The number of methoxy groups -OCH3 is 1. The van der Waals surface area contributed by atoms with Crippen LogP contribution in [0.1, 0.15) is 34.0 Å². The zero-order valence-electron chi connectivity index (χ0n) is 15.7. The zero-order valence-corrected chi connectivity index (χ0v) is 15.7. The molecule has 0 aliphatic heterocycles. The van der Waals surface area contributed by atoms with Gasteiger partial charge in [0.05, 0.1) is 7.11 Å². The summed E-state index contributed by atoms with van der Waals surface area (Å²) in [6, 6.07) is 10.7. The number of ether oxygens (including phenoxy) is 2. The summed E-state index contributed by atoms with van der Waals surface area (Å²) in [6.45, 7) is 7.41. The lowest BCUT2D eigenvalue weighted by Gasteiger charge is -2.17. The lowest BCUT2D eigenvalue weighted by atomic mass is 10.1. The number of benzene rings is 2. The van der Waals surface area contributed by atoms with Gasteiger partial charge in [0.15, 0.2) is 6.10 Å². The number of hydrogen-bond donors (Lipinski definition) is 2. The highest BCUT2D eigenvalue weighted by atomic mass is 16.5. The zero-order chi connectivity index (χ0) is 19.3. The van der Waals surface area contributed by atoms with E-state index in [1.807, 2.05) is 39.0 Å². The molecule has 2 aromatic carbocycles. The summed E-state index contributed by atoms with van der Waals surface area (Å²) in [6.07, 6.45) is -0.761. The maximum atomic E-state index is 12.2. The second-order valence-electron chi connectivity index (χ2n) is 6.09. The van der Waals surface area contributed by atoms with E-state index in [9.17, 15) is 9.59 Å². The Balaban J connectivity index is 1.95. The van der Waals surface area contributed by atoms with E-state index < -0.39 is 17.9 Å². The molecular formula is C20H24N2O4. The Bertz CT molecular complexity index is 817. The van der Waals surface area contributed by atoms with E-state index in [1.165, 1.54) is 7.11 Å². The van der Waals surface area contributed by atoms with Crippen molar-refractivity contribution in [2.45, 2.75) is 33.8 Å². The van der Waals surface area contributed by atoms with Crippen molar-refractivity contribution in [2.24, 2.45) is 0 Å². The Labute approximate surface area is 153 Å². The van der Waals surface area contributed by atoms with Crippen LogP contribution in [0.4, 0.5) is 0 Å². The summed E-state index contributed by atoms with van der Waals surface area (Å²) >= 11 is 0. The van der Waals surface area contributed by atoms with Crippen molar-refractivity contribution in [2.75, 3.05) is 7.11 Å². The molecule has 138 valence electrons. The molecule has 26 heavy (non-hydrogen) atoms. The molecule has 1 atom stereocenters. The molecule has 1 unspecified atom stereocenters. The molecule has 0 aliphatic rings. The molecule has 0 bridgehead atoms. The number of carbonyl (C=O) groups excluding carboxylic acids is 2. The Kier molecular flexibility index (Phi) is 6.22. The lowest BCUT2D eigenvalue weighted by Crippen LogP contribution is -2.47. The Morgan fingerprint density at radius 2 is 1.69 bits per heavy atom. The molecule has 2 amide bonds. The second-order valence-corrected chi connectivity index (χ2v) is 6.09. The van der Waals surface area contributed by atoms with Gasteiger partial charge in [0.1, 0.15) is 11.5 Å². The summed E-state index contributed by atoms with van der Waals surface area (Å²) in [7, 11) is 1.54. The third-order valence-electron chi connectivity index (χ3n) is 4.20. The molecule has 0 radical (unpaired) electrons. The fraction of sp³-hybridized carbons (Fsp3) is 0.300. The quantitative estimate of drug-likeness (QED) is 0.808. The van der Waals surface area contributed by atoms with Crippen molar-refractivity contribution in [3.63, 3.8) is 0 Å². The van der Waals surface area contributed by atoms with Gasteiger partial charge < -0.3 is 9.47 Å². The molecule has 2 aromatic rings. The molecule has 0 saturated heterocycles. The average molecular weight is 356 g/mol. The first-order chi connectivity index (χ1) is 12.3. The smallest absolute Gasteiger partial charge is 0.279 e. The highest BCUT2D eigenvalue weighted by Crippen LogP contribution is 2.22. The fourth-order valence-corrected chi connectivity index (χ4v) is 2.35. The van der Waals surface area contributed by atoms with Crippen molar-refractivity contribution in [1.29, 1.82) is 0 Å². The van der Waals surface area contributed by atoms with Crippen LogP contribution in [-0.4, -0.2) is 25.0 Å². The van der Waals surface area contributed by atoms with Crippen molar-refractivity contribution < 1.29 is 19.1 Å². The van der Waals surface area contributed by atoms with Crippen LogP contribution in [0.25, 0.3) is 0 Å². The Morgan fingerprint density at radius 3 is 2.38 bits per heavy atom. The number of hydrogen-bond acceptors (Lipinski definition) is 4. The Hall–Kier alpha value is -3.02. The van der Waals surface area contributed by atoms with Crippen LogP contribution >= 0.6 is 0 Å². The van der Waals surface area contributed by atoms with Crippen molar-refractivity contribution in [3.05, 3.63) is 58.7 Å². The molecule has 6 nitrogen and oxygen atoms in total. The second kappa shape index (κ2) is 8.38. The topological polar surface area (TPSA) is 76.7 Å². The van der Waals surface area contributed by atoms with Crippen LogP contribution in [-0.2, 0) is 4.79 Å². The van der Waals surface area contributed by atoms with Crippen molar-refractivity contribution in [1.82, 2.24) is 10.9 Å². The summed E-state index contributed by atoms with van der Waals surface area (Å²) in [5.41, 5.74) is 8.13. The fourth-order valence-electron chi connectivity index (χ4n) is 2.35. The molecule has 0 aliphatic carbocycles. The minimum Gasteiger partial charge on any atom is -0.496 e. The predicted octanol–water partition coefficient (Wildman–Crippen LogP) is 2.85. The van der Waals surface area contributed by atoms with E-state index in [2.05, 4.69) is 10.9 Å². The van der Waals surface area contributed by atoms with E-state index in [0.29, 0.717) is 17.1 Å². The molecule has 0 fully saturated rings. The molecule has 6 heteroatoms. The van der Waals surface area contributed by atoms with E-state index in [1.54, 1.807) is 25.1 Å². The molecule has 2 rings (SSSR count). The third kappa shape index (κ3) is 4.53. The molecule has 2 N–H and O–H groups in total. The number of rotatable bonds is 5. The maximum absolute atomic E-state index is 12.2. The first-order valence-corrected chi connectivity index (χ1v) is 8.31. The summed E-state index contributed by atoms with van der Waals surface area (Å²) < 4.78 is 10.9. The predicted molar refractivity (Wildman–Crippen MR) is 99.3 cm³/mol. The third-order valence-corrected chi connectivity index (χ3v) is 4.20. The lowest BCUT2D eigenvalue weighted by molar-refractivity contribution is -0.128. The van der Waals surface area contributed by atoms with Gasteiger partial charge in [0, 0.05) is 5.56 Å². The van der Waals surface area contributed by atoms with E-state index >= 15 is 0 Å². The molecule has 0 saturated carbocycles. The van der Waals surface area contributed by atoms with Gasteiger partial charge in [-0.15, -0.1) is 0 Å². The van der Waals surface area contributed by atoms with Gasteiger partial charge in [-0.25, -0.2) is 0 Å². The SMILES string of the molecule is COc1cc(C(=O)NNC(=O)C(C)Oc2cccc(C)c2C)ccc1C. The number of nitrogens with one attached hydrogen (secondary N) is 2. The van der Waals surface area contributed by atoms with Gasteiger partial charge in [0.25, 0.3) is 11.8 Å². The summed E-state index contributed by atoms with van der Waals surface area (Å²) in [4.78, 5) is 24.4. The van der Waals surface area contributed by atoms with Crippen LogP contribution in [0.2, 0.25) is 0 Å². The summed E-state index contributed by atoms with van der Waals surface area (Å²) in [5, 5.41) is 0. The van der Waals surface area contributed by atoms with Crippen LogP contribution in [0.15, 0.2) is 36.4 Å². The van der Waals surface area contributed by atoms with E-state index in [-0.39, 0.29) is 0 Å². The van der Waals surface area contributed by atoms with E-state index in [4.69, 9.17) is 9.47 Å². The van der Waals surface area contributed by atoms with Gasteiger partial charge in [0.2, 0.25) is 0 Å². The molecular weight excluding hydrogens is 332 g/mol. The minimum absolute atomic E-state index is 0.385.